The first-order valence-corrected chi connectivity index (χ1v) is 8.19. The number of aromatic nitrogens is 2. The van der Waals surface area contributed by atoms with Crippen molar-refractivity contribution in [2.24, 2.45) is 0 Å². The van der Waals surface area contributed by atoms with Gasteiger partial charge in [-0.3, -0.25) is 4.79 Å². The molecule has 27 heavy (non-hydrogen) atoms. The van der Waals surface area contributed by atoms with E-state index in [1.807, 2.05) is 0 Å². The van der Waals surface area contributed by atoms with Crippen molar-refractivity contribution in [1.82, 2.24) is 9.78 Å². The molecule has 0 fully saturated rings. The predicted octanol–water partition coefficient (Wildman–Crippen LogP) is 3.85. The molecule has 0 spiro atoms. The smallest absolute Gasteiger partial charge is 0.358 e. The van der Waals surface area contributed by atoms with E-state index in [-0.39, 0.29) is 24.1 Å². The standard InChI is InChI=1S/C19H17FN4O3/c1-12-9-15(20)7-8-17(12)21-19(25)16-6-4-3-5-14(16)11-23-13(2)10-18(22-23)24(26)27/h3-10H,11H2,1-2H3,(H,21,25). The van der Waals surface area contributed by atoms with E-state index in [1.165, 1.54) is 28.9 Å². The van der Waals surface area contributed by atoms with Gasteiger partial charge in [-0.05, 0) is 54.2 Å². The summed E-state index contributed by atoms with van der Waals surface area (Å²) in [5.41, 5.74) is 2.82. The molecule has 1 amide bonds. The lowest BCUT2D eigenvalue weighted by atomic mass is 10.1. The molecule has 8 heteroatoms. The van der Waals surface area contributed by atoms with Crippen molar-refractivity contribution in [1.29, 1.82) is 0 Å². The van der Waals surface area contributed by atoms with Crippen molar-refractivity contribution >= 4 is 17.4 Å². The molecule has 1 aromatic heterocycles. The van der Waals surface area contributed by atoms with Crippen LogP contribution < -0.4 is 5.32 Å². The lowest BCUT2D eigenvalue weighted by Gasteiger charge is -2.11. The molecule has 0 saturated carbocycles. The third kappa shape index (κ3) is 4.00. The van der Waals surface area contributed by atoms with Gasteiger partial charge in [0.25, 0.3) is 5.91 Å². The zero-order chi connectivity index (χ0) is 19.6. The third-order valence-electron chi connectivity index (χ3n) is 4.17. The maximum absolute atomic E-state index is 13.2. The fourth-order valence-corrected chi connectivity index (χ4v) is 2.74. The molecule has 1 heterocycles. The molecule has 0 aliphatic rings. The van der Waals surface area contributed by atoms with E-state index in [9.17, 15) is 19.3 Å². The van der Waals surface area contributed by atoms with Crippen LogP contribution in [0.25, 0.3) is 0 Å². The minimum atomic E-state index is -0.556. The summed E-state index contributed by atoms with van der Waals surface area (Å²) in [5, 5.41) is 17.6. The van der Waals surface area contributed by atoms with Crippen LogP contribution in [0.3, 0.4) is 0 Å². The summed E-state index contributed by atoms with van der Waals surface area (Å²) in [7, 11) is 0. The number of anilines is 1. The van der Waals surface area contributed by atoms with Crippen LogP contribution in [0, 0.1) is 29.8 Å². The molecule has 0 atom stereocenters. The van der Waals surface area contributed by atoms with Crippen molar-refractivity contribution in [2.45, 2.75) is 20.4 Å². The zero-order valence-corrected chi connectivity index (χ0v) is 14.8. The molecule has 2 aromatic carbocycles. The lowest BCUT2D eigenvalue weighted by Crippen LogP contribution is -2.17. The van der Waals surface area contributed by atoms with E-state index >= 15 is 0 Å². The Bertz CT molecular complexity index is 1030. The van der Waals surface area contributed by atoms with Crippen molar-refractivity contribution in [3.8, 4) is 0 Å². The van der Waals surface area contributed by atoms with Crippen molar-refractivity contribution in [2.75, 3.05) is 5.32 Å². The van der Waals surface area contributed by atoms with Crippen LogP contribution in [0.5, 0.6) is 0 Å². The number of hydrogen-bond acceptors (Lipinski definition) is 4. The number of amides is 1. The Kier molecular flexibility index (Phi) is 4.98. The van der Waals surface area contributed by atoms with Crippen molar-refractivity contribution < 1.29 is 14.1 Å². The molecule has 0 unspecified atom stereocenters. The highest BCUT2D eigenvalue weighted by Crippen LogP contribution is 2.19. The number of carbonyl (C=O) groups is 1. The first kappa shape index (κ1) is 18.2. The minimum absolute atomic E-state index is 0.214. The van der Waals surface area contributed by atoms with Crippen LogP contribution in [0.1, 0.15) is 27.2 Å². The van der Waals surface area contributed by atoms with Gasteiger partial charge in [-0.1, -0.05) is 18.2 Å². The fourth-order valence-electron chi connectivity index (χ4n) is 2.74. The fraction of sp³-hybridized carbons (Fsp3) is 0.158. The number of nitro groups is 1. The summed E-state index contributed by atoms with van der Waals surface area (Å²) in [6, 6.07) is 12.4. The van der Waals surface area contributed by atoms with Gasteiger partial charge in [0.1, 0.15) is 5.82 Å². The first-order chi connectivity index (χ1) is 12.8. The molecule has 7 nitrogen and oxygen atoms in total. The molecule has 0 aliphatic heterocycles. The van der Waals surface area contributed by atoms with E-state index in [4.69, 9.17) is 0 Å². The number of hydrogen-bond donors (Lipinski definition) is 1. The first-order valence-electron chi connectivity index (χ1n) is 8.19. The largest absolute Gasteiger partial charge is 0.390 e. The SMILES string of the molecule is Cc1cc(F)ccc1NC(=O)c1ccccc1Cn1nc([N+](=O)[O-])cc1C. The monoisotopic (exact) mass is 368 g/mol. The van der Waals surface area contributed by atoms with Crippen LogP contribution in [0.15, 0.2) is 48.5 Å². The number of rotatable bonds is 5. The topological polar surface area (TPSA) is 90.1 Å². The van der Waals surface area contributed by atoms with E-state index in [2.05, 4.69) is 10.4 Å². The van der Waals surface area contributed by atoms with Crippen LogP contribution in [0.4, 0.5) is 15.9 Å². The third-order valence-corrected chi connectivity index (χ3v) is 4.17. The van der Waals surface area contributed by atoms with E-state index < -0.39 is 4.92 Å². The molecule has 1 N–H and O–H groups in total. The molecule has 0 bridgehead atoms. The Labute approximate surface area is 154 Å². The quantitative estimate of drug-likeness (QED) is 0.547. The van der Waals surface area contributed by atoms with Crippen molar-refractivity contribution in [3.63, 3.8) is 0 Å². The Hall–Kier alpha value is -3.55. The number of nitrogens with zero attached hydrogens (tertiary/aromatic N) is 3. The van der Waals surface area contributed by atoms with Gasteiger partial charge in [0, 0.05) is 11.3 Å². The highest BCUT2D eigenvalue weighted by Gasteiger charge is 2.18. The molecular formula is C19H17FN4O3. The Morgan fingerprint density at radius 3 is 2.63 bits per heavy atom. The van der Waals surface area contributed by atoms with Crippen LogP contribution >= 0.6 is 0 Å². The molecule has 0 radical (unpaired) electrons. The molecule has 0 aliphatic carbocycles. The van der Waals surface area contributed by atoms with Crippen LogP contribution in [-0.4, -0.2) is 20.6 Å². The van der Waals surface area contributed by atoms with Crippen molar-refractivity contribution in [3.05, 3.63) is 86.8 Å². The summed E-state index contributed by atoms with van der Waals surface area (Å²) in [6.45, 7) is 3.63. The lowest BCUT2D eigenvalue weighted by molar-refractivity contribution is -0.389. The minimum Gasteiger partial charge on any atom is -0.358 e. The van der Waals surface area contributed by atoms with E-state index in [0.29, 0.717) is 28.1 Å². The second-order valence-electron chi connectivity index (χ2n) is 6.13. The Morgan fingerprint density at radius 1 is 1.22 bits per heavy atom. The molecule has 138 valence electrons. The molecule has 0 saturated heterocycles. The summed E-state index contributed by atoms with van der Waals surface area (Å²) < 4.78 is 14.7. The number of benzene rings is 2. The van der Waals surface area contributed by atoms with Gasteiger partial charge in [-0.15, -0.1) is 0 Å². The van der Waals surface area contributed by atoms with Gasteiger partial charge in [0.15, 0.2) is 0 Å². The zero-order valence-electron chi connectivity index (χ0n) is 14.8. The van der Waals surface area contributed by atoms with Gasteiger partial charge in [0.05, 0.1) is 23.4 Å². The predicted molar refractivity (Wildman–Crippen MR) is 98.3 cm³/mol. The van der Waals surface area contributed by atoms with Gasteiger partial charge < -0.3 is 15.4 Å². The second kappa shape index (κ2) is 7.36. The summed E-state index contributed by atoms with van der Waals surface area (Å²) in [4.78, 5) is 23.1. The number of carbonyl (C=O) groups excluding carboxylic acids is 1. The van der Waals surface area contributed by atoms with Crippen LogP contribution in [-0.2, 0) is 6.54 Å². The molecule has 3 aromatic rings. The summed E-state index contributed by atoms with van der Waals surface area (Å²) in [6.07, 6.45) is 0. The molecule has 3 rings (SSSR count). The summed E-state index contributed by atoms with van der Waals surface area (Å²) in [5.74, 6) is -0.961. The van der Waals surface area contributed by atoms with Gasteiger partial charge >= 0.3 is 5.82 Å². The van der Waals surface area contributed by atoms with Crippen LogP contribution in [0.2, 0.25) is 0 Å². The number of aryl methyl sites for hydroxylation is 2. The highest BCUT2D eigenvalue weighted by atomic mass is 19.1. The second-order valence-corrected chi connectivity index (χ2v) is 6.13. The maximum Gasteiger partial charge on any atom is 0.390 e. The Balaban J connectivity index is 1.87. The van der Waals surface area contributed by atoms with Gasteiger partial charge in [-0.2, -0.15) is 4.68 Å². The average Bonchev–Trinajstić information content (AvgIpc) is 2.99. The normalized spacial score (nSPS) is 10.6. The Morgan fingerprint density at radius 2 is 1.96 bits per heavy atom. The average molecular weight is 368 g/mol. The summed E-state index contributed by atoms with van der Waals surface area (Å²) >= 11 is 0. The van der Waals surface area contributed by atoms with Gasteiger partial charge in [0.2, 0.25) is 0 Å². The maximum atomic E-state index is 13.2. The molecular weight excluding hydrogens is 351 g/mol. The highest BCUT2D eigenvalue weighted by molar-refractivity contribution is 6.05. The van der Waals surface area contributed by atoms with Gasteiger partial charge in [-0.25, -0.2) is 4.39 Å². The van der Waals surface area contributed by atoms with E-state index in [1.54, 1.807) is 38.1 Å². The number of halogens is 1. The van der Waals surface area contributed by atoms with E-state index in [0.717, 1.165) is 0 Å². The number of nitrogens with one attached hydrogen (secondary N) is 1.